The molecule has 0 saturated carbocycles. The standard InChI is InChI=1S/C6H5BrClNO.BrH/c7-3-1-4(8)6(9)5(10)2-3;/h1-2,10H,9H2;1H. The van der Waals surface area contributed by atoms with Crippen molar-refractivity contribution in [1.29, 1.82) is 0 Å². The van der Waals surface area contributed by atoms with E-state index >= 15 is 0 Å². The molecule has 1 aromatic carbocycles. The summed E-state index contributed by atoms with van der Waals surface area (Å²) in [7, 11) is 0. The highest BCUT2D eigenvalue weighted by atomic mass is 79.9. The molecule has 0 heterocycles. The lowest BCUT2D eigenvalue weighted by Gasteiger charge is -2.00. The summed E-state index contributed by atoms with van der Waals surface area (Å²) in [6, 6.07) is 3.11. The maximum absolute atomic E-state index is 9.04. The Morgan fingerprint density at radius 2 is 2.00 bits per heavy atom. The lowest BCUT2D eigenvalue weighted by molar-refractivity contribution is 0.477. The predicted molar refractivity (Wildman–Crippen MR) is 55.6 cm³/mol. The smallest absolute Gasteiger partial charge is 0.141 e. The van der Waals surface area contributed by atoms with Crippen LogP contribution in [0, 0.1) is 0 Å². The van der Waals surface area contributed by atoms with Crippen molar-refractivity contribution in [3.05, 3.63) is 21.6 Å². The molecule has 0 aliphatic heterocycles. The van der Waals surface area contributed by atoms with Crippen LogP contribution in [0.4, 0.5) is 5.69 Å². The van der Waals surface area contributed by atoms with Crippen LogP contribution in [0.25, 0.3) is 0 Å². The molecule has 0 amide bonds. The first kappa shape index (κ1) is 11.1. The Hall–Kier alpha value is 0.0700. The van der Waals surface area contributed by atoms with Gasteiger partial charge in [-0.3, -0.25) is 0 Å². The van der Waals surface area contributed by atoms with Gasteiger partial charge in [0.1, 0.15) is 5.75 Å². The van der Waals surface area contributed by atoms with Crippen molar-refractivity contribution in [1.82, 2.24) is 0 Å². The first-order valence-corrected chi connectivity index (χ1v) is 3.72. The molecule has 0 aliphatic rings. The van der Waals surface area contributed by atoms with E-state index in [1.807, 2.05) is 0 Å². The van der Waals surface area contributed by atoms with Gasteiger partial charge in [-0.1, -0.05) is 27.5 Å². The topological polar surface area (TPSA) is 46.2 Å². The lowest BCUT2D eigenvalue weighted by atomic mass is 10.3. The Labute approximate surface area is 88.2 Å². The van der Waals surface area contributed by atoms with Gasteiger partial charge in [-0.15, -0.1) is 17.0 Å². The van der Waals surface area contributed by atoms with E-state index in [1.54, 1.807) is 6.07 Å². The summed E-state index contributed by atoms with van der Waals surface area (Å²) in [5.41, 5.74) is 5.56. The second-order valence-electron chi connectivity index (χ2n) is 1.82. The molecule has 0 bridgehead atoms. The number of hydrogen-bond donors (Lipinski definition) is 2. The van der Waals surface area contributed by atoms with Gasteiger partial charge in [-0.05, 0) is 12.1 Å². The third-order valence-corrected chi connectivity index (χ3v) is 1.84. The number of nitrogens with two attached hydrogens (primary N) is 1. The van der Waals surface area contributed by atoms with E-state index < -0.39 is 0 Å². The van der Waals surface area contributed by atoms with Crippen molar-refractivity contribution >= 4 is 50.2 Å². The minimum absolute atomic E-state index is 0. The number of benzene rings is 1. The van der Waals surface area contributed by atoms with Crippen molar-refractivity contribution in [3.8, 4) is 5.75 Å². The zero-order valence-electron chi connectivity index (χ0n) is 5.34. The molecular weight excluding hydrogens is 297 g/mol. The average molecular weight is 303 g/mol. The van der Waals surface area contributed by atoms with Gasteiger partial charge in [0.2, 0.25) is 0 Å². The number of rotatable bonds is 0. The third kappa shape index (κ3) is 2.54. The molecule has 0 atom stereocenters. The van der Waals surface area contributed by atoms with Crippen LogP contribution in [0.3, 0.4) is 0 Å². The van der Waals surface area contributed by atoms with Crippen molar-refractivity contribution in [3.63, 3.8) is 0 Å². The first-order valence-electron chi connectivity index (χ1n) is 2.54. The SMILES string of the molecule is Br.Nc1c(O)cc(Br)cc1Cl. The third-order valence-electron chi connectivity index (χ3n) is 1.07. The molecule has 0 aromatic heterocycles. The molecule has 0 unspecified atom stereocenters. The minimum atomic E-state index is -0.000579. The maximum Gasteiger partial charge on any atom is 0.141 e. The van der Waals surface area contributed by atoms with Gasteiger partial charge in [0.05, 0.1) is 10.7 Å². The van der Waals surface area contributed by atoms with E-state index in [-0.39, 0.29) is 28.4 Å². The molecule has 3 N–H and O–H groups in total. The minimum Gasteiger partial charge on any atom is -0.506 e. The monoisotopic (exact) mass is 301 g/mol. The fourth-order valence-corrected chi connectivity index (χ4v) is 1.36. The van der Waals surface area contributed by atoms with Gasteiger partial charge < -0.3 is 10.8 Å². The molecular formula is C6H6Br2ClNO. The summed E-state index contributed by atoms with van der Waals surface area (Å²) in [6.07, 6.45) is 0. The number of anilines is 1. The van der Waals surface area contributed by atoms with E-state index in [0.29, 0.717) is 9.50 Å². The second kappa shape index (κ2) is 4.18. The van der Waals surface area contributed by atoms with Gasteiger partial charge >= 0.3 is 0 Å². The first-order chi connectivity index (χ1) is 4.61. The van der Waals surface area contributed by atoms with Crippen LogP contribution in [-0.2, 0) is 0 Å². The normalized spacial score (nSPS) is 8.91. The Balaban J connectivity index is 0.000001000. The summed E-state index contributed by atoms with van der Waals surface area (Å²) >= 11 is 8.75. The highest BCUT2D eigenvalue weighted by molar-refractivity contribution is 9.10. The van der Waals surface area contributed by atoms with Crippen LogP contribution in [0.15, 0.2) is 16.6 Å². The number of halogens is 3. The summed E-state index contributed by atoms with van der Waals surface area (Å²) in [6.45, 7) is 0. The molecule has 0 fully saturated rings. The fourth-order valence-electron chi connectivity index (χ4n) is 0.571. The van der Waals surface area contributed by atoms with E-state index in [1.165, 1.54) is 6.07 Å². The Bertz CT molecular complexity index is 244. The van der Waals surface area contributed by atoms with Gasteiger partial charge in [0.25, 0.3) is 0 Å². The second-order valence-corrected chi connectivity index (χ2v) is 3.14. The number of hydrogen-bond acceptors (Lipinski definition) is 2. The van der Waals surface area contributed by atoms with Crippen molar-refractivity contribution in [2.45, 2.75) is 0 Å². The molecule has 0 aliphatic carbocycles. The molecule has 0 radical (unpaired) electrons. The van der Waals surface area contributed by atoms with Crippen LogP contribution in [-0.4, -0.2) is 5.11 Å². The lowest BCUT2D eigenvalue weighted by Crippen LogP contribution is -1.86. The molecule has 1 aromatic rings. The predicted octanol–water partition coefficient (Wildman–Crippen LogP) is 2.97. The van der Waals surface area contributed by atoms with Crippen LogP contribution >= 0.6 is 44.5 Å². The number of phenolic OH excluding ortho intramolecular Hbond substituents is 1. The Morgan fingerprint density at radius 1 is 1.45 bits per heavy atom. The van der Waals surface area contributed by atoms with E-state index in [0.717, 1.165) is 0 Å². The largest absolute Gasteiger partial charge is 0.506 e. The van der Waals surface area contributed by atoms with Gasteiger partial charge in [-0.25, -0.2) is 0 Å². The van der Waals surface area contributed by atoms with Gasteiger partial charge in [0, 0.05) is 4.47 Å². The average Bonchev–Trinajstić information content (AvgIpc) is 1.82. The fraction of sp³-hybridized carbons (Fsp3) is 0. The Kier molecular flexibility index (Phi) is 4.21. The van der Waals surface area contributed by atoms with Crippen molar-refractivity contribution in [2.75, 3.05) is 5.73 Å². The highest BCUT2D eigenvalue weighted by Crippen LogP contribution is 2.31. The maximum atomic E-state index is 9.04. The van der Waals surface area contributed by atoms with Crippen LogP contribution in [0.2, 0.25) is 5.02 Å². The summed E-state index contributed by atoms with van der Waals surface area (Å²) in [4.78, 5) is 0. The quantitative estimate of drug-likeness (QED) is 0.572. The van der Waals surface area contributed by atoms with Crippen LogP contribution in [0.1, 0.15) is 0 Å². The van der Waals surface area contributed by atoms with E-state index in [9.17, 15) is 0 Å². The molecule has 2 nitrogen and oxygen atoms in total. The van der Waals surface area contributed by atoms with Crippen molar-refractivity contribution < 1.29 is 5.11 Å². The van der Waals surface area contributed by atoms with Gasteiger partial charge in [0.15, 0.2) is 0 Å². The van der Waals surface area contributed by atoms with E-state index in [2.05, 4.69) is 15.9 Å². The van der Waals surface area contributed by atoms with Crippen LogP contribution < -0.4 is 5.73 Å². The summed E-state index contributed by atoms with van der Waals surface area (Å²) in [5, 5.41) is 9.40. The van der Waals surface area contributed by atoms with Crippen LogP contribution in [0.5, 0.6) is 5.75 Å². The molecule has 62 valence electrons. The molecule has 1 rings (SSSR count). The number of aromatic hydroxyl groups is 1. The molecule has 0 saturated heterocycles. The number of phenols is 1. The molecule has 11 heavy (non-hydrogen) atoms. The summed E-state index contributed by atoms with van der Waals surface area (Å²) < 4.78 is 0.712. The Morgan fingerprint density at radius 3 is 2.45 bits per heavy atom. The summed E-state index contributed by atoms with van der Waals surface area (Å²) in [5.74, 6) is -0.000579. The molecule has 5 heteroatoms. The number of nitrogen functional groups attached to an aromatic ring is 1. The van der Waals surface area contributed by atoms with Gasteiger partial charge in [-0.2, -0.15) is 0 Å². The van der Waals surface area contributed by atoms with E-state index in [4.69, 9.17) is 22.4 Å². The van der Waals surface area contributed by atoms with Crippen molar-refractivity contribution in [2.24, 2.45) is 0 Å². The zero-order chi connectivity index (χ0) is 7.72. The molecule has 0 spiro atoms. The highest BCUT2D eigenvalue weighted by Gasteiger charge is 2.02. The zero-order valence-corrected chi connectivity index (χ0v) is 9.40.